The number of rotatable bonds is 7. The number of carbonyl (C=O) groups excluding carboxylic acids is 1. The van der Waals surface area contributed by atoms with E-state index in [4.69, 9.17) is 0 Å². The van der Waals surface area contributed by atoms with Crippen molar-refractivity contribution < 1.29 is 22.4 Å². The zero-order valence-electron chi connectivity index (χ0n) is 19.0. The Kier molecular flexibility index (Phi) is 5.64. The minimum Gasteiger partial charge on any atom is -0.351 e. The van der Waals surface area contributed by atoms with Crippen molar-refractivity contribution in [3.63, 3.8) is 0 Å². The normalized spacial score (nSPS) is 29.4. The lowest BCUT2D eigenvalue weighted by molar-refractivity contribution is -0.127. The molecule has 6 rings (SSSR count). The molecular formula is C24H30F4N4O. The molecule has 2 aromatic heterocycles. The molecule has 0 saturated heterocycles. The second-order valence-electron chi connectivity index (χ2n) is 10.5. The number of hydrogen-bond donors (Lipinski definition) is 1. The van der Waals surface area contributed by atoms with E-state index in [0.29, 0.717) is 0 Å². The third kappa shape index (κ3) is 3.91. The molecule has 4 aliphatic carbocycles. The minimum absolute atomic E-state index is 0.0373. The zero-order chi connectivity index (χ0) is 23.5. The lowest BCUT2D eigenvalue weighted by Crippen LogP contribution is -2.57. The monoisotopic (exact) mass is 466 g/mol. The first-order valence-corrected chi connectivity index (χ1v) is 11.9. The fourth-order valence-corrected chi connectivity index (χ4v) is 7.47. The molecule has 2 aromatic rings. The van der Waals surface area contributed by atoms with Crippen LogP contribution >= 0.6 is 0 Å². The van der Waals surface area contributed by atoms with Crippen LogP contribution in [0.25, 0.3) is 11.0 Å². The molecule has 4 aliphatic rings. The summed E-state index contributed by atoms with van der Waals surface area (Å²) in [5.41, 5.74) is -0.988. The lowest BCUT2D eigenvalue weighted by Gasteiger charge is -2.59. The van der Waals surface area contributed by atoms with Crippen molar-refractivity contribution in [1.29, 1.82) is 0 Å². The molecule has 5 nitrogen and oxygen atoms in total. The number of amides is 1. The van der Waals surface area contributed by atoms with Crippen molar-refractivity contribution in [3.8, 4) is 0 Å². The minimum atomic E-state index is -3.00. The Hall–Kier alpha value is -2.19. The molecule has 1 amide bonds. The number of hydrogen-bond acceptors (Lipinski definition) is 3. The molecule has 1 N–H and O–H groups in total. The summed E-state index contributed by atoms with van der Waals surface area (Å²) < 4.78 is 54.9. The summed E-state index contributed by atoms with van der Waals surface area (Å²) >= 11 is 0. The van der Waals surface area contributed by atoms with Crippen LogP contribution in [0.5, 0.6) is 0 Å². The Bertz CT molecular complexity index is 1030. The fourth-order valence-electron chi connectivity index (χ4n) is 7.47. The highest BCUT2D eigenvalue weighted by Crippen LogP contribution is 2.61. The smallest absolute Gasteiger partial charge is 0.280 e. The van der Waals surface area contributed by atoms with Crippen molar-refractivity contribution in [2.45, 2.75) is 84.2 Å². The van der Waals surface area contributed by atoms with Crippen LogP contribution in [-0.4, -0.2) is 26.7 Å². The van der Waals surface area contributed by atoms with Crippen molar-refractivity contribution >= 4 is 16.9 Å². The van der Waals surface area contributed by atoms with E-state index in [2.05, 4.69) is 22.3 Å². The number of halogens is 4. The van der Waals surface area contributed by atoms with Crippen LogP contribution in [0.4, 0.5) is 17.6 Å². The highest BCUT2D eigenvalue weighted by molar-refractivity contribution is 5.85. The third-order valence-electron chi connectivity index (χ3n) is 8.25. The van der Waals surface area contributed by atoms with Crippen molar-refractivity contribution in [2.75, 3.05) is 0 Å². The number of nitrogens with zero attached hydrogens (tertiary/aromatic N) is 3. The molecule has 180 valence electrons. The molecule has 9 heteroatoms. The number of alkyl halides is 4. The first-order valence-electron chi connectivity index (χ1n) is 11.9. The van der Waals surface area contributed by atoms with Gasteiger partial charge in [0.05, 0.1) is 11.1 Å². The van der Waals surface area contributed by atoms with Gasteiger partial charge in [-0.2, -0.15) is 5.10 Å². The van der Waals surface area contributed by atoms with Crippen LogP contribution in [0.2, 0.25) is 0 Å². The van der Waals surface area contributed by atoms with Gasteiger partial charge < -0.3 is 5.32 Å². The summed E-state index contributed by atoms with van der Waals surface area (Å²) in [7, 11) is 0. The van der Waals surface area contributed by atoms with Gasteiger partial charge in [-0.1, -0.05) is 6.92 Å². The molecule has 0 radical (unpaired) electrons. The molecule has 4 fully saturated rings. The number of nitrogens with one attached hydrogen (secondary N) is 1. The Morgan fingerprint density at radius 3 is 2.24 bits per heavy atom. The van der Waals surface area contributed by atoms with Crippen LogP contribution in [-0.2, 0) is 11.3 Å². The molecule has 0 spiro atoms. The summed E-state index contributed by atoms with van der Waals surface area (Å²) in [5.74, 6) is 1.98. The van der Waals surface area contributed by atoms with Crippen LogP contribution in [0.3, 0.4) is 0 Å². The van der Waals surface area contributed by atoms with E-state index in [9.17, 15) is 22.4 Å². The Morgan fingerprint density at radius 2 is 1.73 bits per heavy atom. The van der Waals surface area contributed by atoms with E-state index in [0.717, 1.165) is 49.5 Å². The molecule has 4 bridgehead atoms. The summed E-state index contributed by atoms with van der Waals surface area (Å²) in [5, 5.41) is 7.45. The summed E-state index contributed by atoms with van der Waals surface area (Å²) in [6, 6.07) is 0.777. The van der Waals surface area contributed by atoms with E-state index >= 15 is 0 Å². The summed E-state index contributed by atoms with van der Waals surface area (Å²) in [4.78, 5) is 17.0. The van der Waals surface area contributed by atoms with E-state index in [1.165, 1.54) is 30.9 Å². The van der Waals surface area contributed by atoms with Crippen molar-refractivity contribution in [1.82, 2.24) is 20.1 Å². The third-order valence-corrected chi connectivity index (χ3v) is 8.25. The Balaban J connectivity index is 1.40. The van der Waals surface area contributed by atoms with Gasteiger partial charge in [-0.15, -0.1) is 0 Å². The molecule has 33 heavy (non-hydrogen) atoms. The van der Waals surface area contributed by atoms with E-state index in [1.54, 1.807) is 0 Å². The van der Waals surface area contributed by atoms with Crippen LogP contribution in [0.1, 0.15) is 81.7 Å². The van der Waals surface area contributed by atoms with Crippen molar-refractivity contribution in [3.05, 3.63) is 23.0 Å². The standard InChI is InChI=1S/C24H30F4N4O/c1-3-18(24-8-13-4-14(9-24)6-15(5-13)10-24)30-19(33)11-32-23-20(12(2)31-32)16(21(25)26)7-17(29-23)22(27)28/h7,13-15,18,21-22H,3-6,8-11H2,1-2H3,(H,30,33). The first-order chi connectivity index (χ1) is 15.7. The summed E-state index contributed by atoms with van der Waals surface area (Å²) in [6.45, 7) is 3.37. The maximum absolute atomic E-state index is 13.6. The number of aromatic nitrogens is 3. The second-order valence-corrected chi connectivity index (χ2v) is 10.5. The topological polar surface area (TPSA) is 59.8 Å². The molecule has 4 saturated carbocycles. The van der Waals surface area contributed by atoms with Gasteiger partial charge in [0.2, 0.25) is 5.91 Å². The van der Waals surface area contributed by atoms with Crippen LogP contribution < -0.4 is 5.32 Å². The average molecular weight is 467 g/mol. The summed E-state index contributed by atoms with van der Waals surface area (Å²) in [6.07, 6.45) is 2.27. The molecule has 0 aliphatic heterocycles. The van der Waals surface area contributed by atoms with Gasteiger partial charge in [-0.25, -0.2) is 27.2 Å². The maximum atomic E-state index is 13.6. The van der Waals surface area contributed by atoms with E-state index < -0.39 is 24.1 Å². The van der Waals surface area contributed by atoms with Gasteiger partial charge in [-0.05, 0) is 81.1 Å². The second kappa shape index (κ2) is 8.24. The molecule has 0 aromatic carbocycles. The highest BCUT2D eigenvalue weighted by Gasteiger charge is 2.54. The number of pyridine rings is 1. The highest BCUT2D eigenvalue weighted by atomic mass is 19.3. The molecule has 2 heterocycles. The zero-order valence-corrected chi connectivity index (χ0v) is 19.0. The van der Waals surface area contributed by atoms with Gasteiger partial charge >= 0.3 is 0 Å². The van der Waals surface area contributed by atoms with Gasteiger partial charge in [0.25, 0.3) is 12.9 Å². The number of fused-ring (bicyclic) bond motifs is 1. The quantitative estimate of drug-likeness (QED) is 0.531. The molecule has 1 atom stereocenters. The largest absolute Gasteiger partial charge is 0.351 e. The SMILES string of the molecule is CCC(NC(=O)Cn1nc(C)c2c(C(F)F)cc(C(F)F)nc21)C12CC3CC(CC(C3)C1)C2. The number of carbonyl (C=O) groups is 1. The predicted octanol–water partition coefficient (Wildman–Crippen LogP) is 5.73. The first kappa shape index (κ1) is 22.6. The predicted molar refractivity (Wildman–Crippen MR) is 115 cm³/mol. The van der Waals surface area contributed by atoms with Crippen LogP contribution in [0, 0.1) is 30.1 Å². The number of aryl methyl sites for hydroxylation is 1. The maximum Gasteiger partial charge on any atom is 0.280 e. The molecule has 1 unspecified atom stereocenters. The van der Waals surface area contributed by atoms with E-state index in [1.807, 2.05) is 0 Å². The van der Waals surface area contributed by atoms with Crippen molar-refractivity contribution in [2.24, 2.45) is 23.2 Å². The van der Waals surface area contributed by atoms with Crippen LogP contribution in [0.15, 0.2) is 6.07 Å². The van der Waals surface area contributed by atoms with E-state index in [-0.39, 0.29) is 40.6 Å². The lowest BCUT2D eigenvalue weighted by atomic mass is 9.47. The van der Waals surface area contributed by atoms with Gasteiger partial charge in [0.15, 0.2) is 5.65 Å². The van der Waals surface area contributed by atoms with Gasteiger partial charge in [0, 0.05) is 11.6 Å². The average Bonchev–Trinajstić information content (AvgIpc) is 3.05. The Morgan fingerprint density at radius 1 is 1.12 bits per heavy atom. The Labute approximate surface area is 190 Å². The van der Waals surface area contributed by atoms with Gasteiger partial charge in [0.1, 0.15) is 12.2 Å². The van der Waals surface area contributed by atoms with Gasteiger partial charge in [-0.3, -0.25) is 4.79 Å². The molecular weight excluding hydrogens is 436 g/mol. The fraction of sp³-hybridized carbons (Fsp3) is 0.708.